The summed E-state index contributed by atoms with van der Waals surface area (Å²) >= 11 is 0. The van der Waals surface area contributed by atoms with Gasteiger partial charge in [-0.3, -0.25) is 4.57 Å². The highest BCUT2D eigenvalue weighted by Gasteiger charge is 2.33. The van der Waals surface area contributed by atoms with E-state index < -0.39 is 7.60 Å². The zero-order chi connectivity index (χ0) is 14.6. The van der Waals surface area contributed by atoms with Gasteiger partial charge < -0.3 is 13.5 Å². The van der Waals surface area contributed by atoms with E-state index in [4.69, 9.17) is 13.5 Å². The van der Waals surface area contributed by atoms with E-state index in [0.29, 0.717) is 11.7 Å². The highest BCUT2D eigenvalue weighted by Crippen LogP contribution is 2.47. The zero-order valence-electron chi connectivity index (χ0n) is 11.8. The van der Waals surface area contributed by atoms with E-state index in [1.807, 2.05) is 30.3 Å². The molecule has 0 aliphatic rings. The topological polar surface area (TPSA) is 61.6 Å². The molecule has 5 nitrogen and oxygen atoms in total. The molecule has 0 spiro atoms. The number of hydrogen-bond acceptors (Lipinski definition) is 5. The molecule has 0 atom stereocenters. The fraction of sp³-hybridized carbons (Fsp3) is 0.357. The largest absolute Gasteiger partial charge is 0.440 e. The van der Waals surface area contributed by atoms with Gasteiger partial charge in [-0.05, 0) is 32.9 Å². The van der Waals surface area contributed by atoms with Gasteiger partial charge in [-0.2, -0.15) is 0 Å². The normalized spacial score (nSPS) is 11.8. The maximum atomic E-state index is 12.7. The predicted molar refractivity (Wildman–Crippen MR) is 77.2 cm³/mol. The van der Waals surface area contributed by atoms with Gasteiger partial charge in [0.25, 0.3) is 0 Å². The molecule has 1 aromatic carbocycles. The summed E-state index contributed by atoms with van der Waals surface area (Å²) in [4.78, 5) is 4.31. The fourth-order valence-electron chi connectivity index (χ4n) is 1.85. The first-order valence-electron chi connectivity index (χ1n) is 6.53. The Morgan fingerprint density at radius 3 is 2.30 bits per heavy atom. The summed E-state index contributed by atoms with van der Waals surface area (Å²) in [6.45, 7) is 5.80. The third-order valence-corrected chi connectivity index (χ3v) is 4.78. The molecule has 6 heteroatoms. The molecule has 0 amide bonds. The summed E-state index contributed by atoms with van der Waals surface area (Å²) in [5, 5.41) is 0. The number of nitrogens with zero attached hydrogens (tertiary/aromatic N) is 1. The molecule has 1 heterocycles. The minimum Gasteiger partial charge on any atom is -0.440 e. The van der Waals surface area contributed by atoms with E-state index in [9.17, 15) is 4.57 Å². The SMILES string of the molecule is CCOP(=O)(OCC)c1nc(-c2ccccc2)oc1C. The summed E-state index contributed by atoms with van der Waals surface area (Å²) in [7, 11) is -3.41. The maximum absolute atomic E-state index is 12.7. The third kappa shape index (κ3) is 3.01. The minimum atomic E-state index is -3.41. The van der Waals surface area contributed by atoms with E-state index in [1.165, 1.54) is 0 Å². The smallest absolute Gasteiger partial charge is 0.383 e. The molecule has 2 aromatic rings. The molecule has 0 bridgehead atoms. The summed E-state index contributed by atoms with van der Waals surface area (Å²) in [5.41, 5.74) is 1.07. The summed E-state index contributed by atoms with van der Waals surface area (Å²) < 4.78 is 28.9. The highest BCUT2D eigenvalue weighted by molar-refractivity contribution is 7.62. The number of rotatable bonds is 6. The maximum Gasteiger partial charge on any atom is 0.383 e. The fourth-order valence-corrected chi connectivity index (χ4v) is 3.49. The molecule has 2 rings (SSSR count). The molecular weight excluding hydrogens is 277 g/mol. The Morgan fingerprint density at radius 2 is 1.75 bits per heavy atom. The summed E-state index contributed by atoms with van der Waals surface area (Å²) in [6.07, 6.45) is 0. The number of aryl methyl sites for hydroxylation is 1. The molecular formula is C14H18NO4P. The molecule has 0 saturated heterocycles. The van der Waals surface area contributed by atoms with Crippen molar-refractivity contribution in [3.05, 3.63) is 36.1 Å². The van der Waals surface area contributed by atoms with Gasteiger partial charge in [0.05, 0.1) is 13.2 Å². The van der Waals surface area contributed by atoms with Gasteiger partial charge in [-0.25, -0.2) is 4.98 Å². The third-order valence-electron chi connectivity index (χ3n) is 2.65. The second-order valence-electron chi connectivity index (χ2n) is 4.10. The molecule has 1 aromatic heterocycles. The van der Waals surface area contributed by atoms with Gasteiger partial charge >= 0.3 is 7.60 Å². The highest BCUT2D eigenvalue weighted by atomic mass is 31.2. The molecule has 0 saturated carbocycles. The van der Waals surface area contributed by atoms with Gasteiger partial charge in [-0.1, -0.05) is 18.2 Å². The van der Waals surface area contributed by atoms with Gasteiger partial charge in [0, 0.05) is 5.56 Å². The van der Waals surface area contributed by atoms with Gasteiger partial charge in [0.2, 0.25) is 5.89 Å². The average molecular weight is 295 g/mol. The van der Waals surface area contributed by atoms with Crippen LogP contribution in [-0.2, 0) is 13.6 Å². The quantitative estimate of drug-likeness (QED) is 0.763. The second kappa shape index (κ2) is 6.35. The van der Waals surface area contributed by atoms with Gasteiger partial charge in [0.15, 0.2) is 5.44 Å². The molecule has 108 valence electrons. The lowest BCUT2D eigenvalue weighted by molar-refractivity contribution is 0.229. The van der Waals surface area contributed by atoms with Crippen LogP contribution in [0.4, 0.5) is 0 Å². The lowest BCUT2D eigenvalue weighted by Gasteiger charge is -2.14. The van der Waals surface area contributed by atoms with Crippen LogP contribution in [-0.4, -0.2) is 18.2 Å². The molecule has 0 aliphatic heterocycles. The van der Waals surface area contributed by atoms with Crippen LogP contribution in [0.2, 0.25) is 0 Å². The molecule has 0 aliphatic carbocycles. The lowest BCUT2D eigenvalue weighted by Crippen LogP contribution is -2.14. The van der Waals surface area contributed by atoms with E-state index in [-0.39, 0.29) is 18.6 Å². The number of hydrogen-bond donors (Lipinski definition) is 0. The molecule has 0 radical (unpaired) electrons. The van der Waals surface area contributed by atoms with Crippen molar-refractivity contribution < 1.29 is 18.0 Å². The predicted octanol–water partition coefficient (Wildman–Crippen LogP) is 3.54. The van der Waals surface area contributed by atoms with Crippen LogP contribution in [0, 0.1) is 6.92 Å². The minimum absolute atomic E-state index is 0.250. The first-order chi connectivity index (χ1) is 9.60. The Bertz CT molecular complexity index is 599. The van der Waals surface area contributed by atoms with Crippen LogP contribution < -0.4 is 5.44 Å². The van der Waals surface area contributed by atoms with Gasteiger partial charge in [0.1, 0.15) is 5.76 Å². The van der Waals surface area contributed by atoms with Crippen molar-refractivity contribution in [2.45, 2.75) is 20.8 Å². The van der Waals surface area contributed by atoms with Crippen LogP contribution in [0.15, 0.2) is 34.7 Å². The zero-order valence-corrected chi connectivity index (χ0v) is 12.7. The Labute approximate surface area is 118 Å². The first kappa shape index (κ1) is 15.0. The van der Waals surface area contributed by atoms with Crippen molar-refractivity contribution >= 4 is 13.0 Å². The summed E-state index contributed by atoms with van der Waals surface area (Å²) in [6, 6.07) is 9.44. The van der Waals surface area contributed by atoms with Crippen LogP contribution >= 0.6 is 7.60 Å². The average Bonchev–Trinajstić information content (AvgIpc) is 2.83. The van der Waals surface area contributed by atoms with Crippen molar-refractivity contribution in [1.29, 1.82) is 0 Å². The van der Waals surface area contributed by atoms with Crippen molar-refractivity contribution in [3.63, 3.8) is 0 Å². The molecule has 0 unspecified atom stereocenters. The van der Waals surface area contributed by atoms with Gasteiger partial charge in [-0.15, -0.1) is 0 Å². The Morgan fingerprint density at radius 1 is 1.15 bits per heavy atom. The van der Waals surface area contributed by atoms with Crippen molar-refractivity contribution in [2.75, 3.05) is 13.2 Å². The molecule has 20 heavy (non-hydrogen) atoms. The van der Waals surface area contributed by atoms with E-state index in [0.717, 1.165) is 5.56 Å². The van der Waals surface area contributed by atoms with Crippen LogP contribution in [0.5, 0.6) is 0 Å². The number of oxazole rings is 1. The first-order valence-corrected chi connectivity index (χ1v) is 8.07. The number of aromatic nitrogens is 1. The Hall–Kier alpha value is -1.42. The number of benzene rings is 1. The van der Waals surface area contributed by atoms with Crippen LogP contribution in [0.3, 0.4) is 0 Å². The van der Waals surface area contributed by atoms with Crippen LogP contribution in [0.25, 0.3) is 11.5 Å². The Balaban J connectivity index is 2.43. The van der Waals surface area contributed by atoms with Crippen molar-refractivity contribution in [3.8, 4) is 11.5 Å². The summed E-state index contributed by atoms with van der Waals surface area (Å²) in [5.74, 6) is 0.867. The van der Waals surface area contributed by atoms with Crippen molar-refractivity contribution in [2.24, 2.45) is 0 Å². The monoisotopic (exact) mass is 295 g/mol. The van der Waals surface area contributed by atoms with E-state index in [1.54, 1.807) is 20.8 Å². The van der Waals surface area contributed by atoms with Crippen molar-refractivity contribution in [1.82, 2.24) is 4.98 Å². The van der Waals surface area contributed by atoms with Crippen LogP contribution in [0.1, 0.15) is 19.6 Å². The molecule has 0 fully saturated rings. The molecule has 0 N–H and O–H groups in total. The standard InChI is InChI=1S/C14H18NO4P/c1-4-17-20(16,18-5-2)14-11(3)19-13(15-14)12-9-7-6-8-10-12/h6-10H,4-5H2,1-3H3. The second-order valence-corrected chi connectivity index (χ2v) is 6.03. The van der Waals surface area contributed by atoms with E-state index >= 15 is 0 Å². The van der Waals surface area contributed by atoms with E-state index in [2.05, 4.69) is 4.98 Å². The lowest BCUT2D eigenvalue weighted by atomic mass is 10.2. The Kier molecular flexibility index (Phi) is 4.76.